The van der Waals surface area contributed by atoms with Gasteiger partial charge in [0.15, 0.2) is 0 Å². The van der Waals surface area contributed by atoms with Gasteiger partial charge in [0.05, 0.1) is 6.04 Å². The fourth-order valence-corrected chi connectivity index (χ4v) is 2.62. The van der Waals surface area contributed by atoms with Crippen LogP contribution < -0.4 is 10.6 Å². The Balaban J connectivity index is 1.81. The summed E-state index contributed by atoms with van der Waals surface area (Å²) in [6, 6.07) is 0.277. The lowest BCUT2D eigenvalue weighted by atomic mass is 10.1. The Kier molecular flexibility index (Phi) is 5.33. The summed E-state index contributed by atoms with van der Waals surface area (Å²) >= 11 is 0. The standard InChI is InChI=1S/C15H22N2O2/c18-11-14-7-5-12(9-10-16-14)6-8-15(19)17-13-3-1-2-4-13/h5-6,8,11,13-14,16H,1-4,7,9-10H2,(H,17,19)/b8-6+. The third-order valence-corrected chi connectivity index (χ3v) is 3.77. The second-order valence-electron chi connectivity index (χ2n) is 5.28. The minimum absolute atomic E-state index is 0.00283. The zero-order valence-electron chi connectivity index (χ0n) is 11.2. The van der Waals surface area contributed by atoms with Gasteiger partial charge in [0, 0.05) is 12.1 Å². The molecule has 0 aromatic heterocycles. The lowest BCUT2D eigenvalue weighted by molar-refractivity contribution is -0.117. The summed E-state index contributed by atoms with van der Waals surface area (Å²) in [5.74, 6) is -0.00283. The van der Waals surface area contributed by atoms with E-state index in [0.717, 1.165) is 37.7 Å². The predicted molar refractivity (Wildman–Crippen MR) is 74.7 cm³/mol. The molecule has 0 aromatic carbocycles. The quantitative estimate of drug-likeness (QED) is 0.596. The molecular weight excluding hydrogens is 240 g/mol. The summed E-state index contributed by atoms with van der Waals surface area (Å²) in [5, 5.41) is 6.18. The fraction of sp³-hybridized carbons (Fsp3) is 0.600. The van der Waals surface area contributed by atoms with E-state index in [4.69, 9.17) is 0 Å². The van der Waals surface area contributed by atoms with Crippen LogP contribution in [0.4, 0.5) is 0 Å². The largest absolute Gasteiger partial charge is 0.350 e. The van der Waals surface area contributed by atoms with Crippen LogP contribution in [0.5, 0.6) is 0 Å². The molecule has 1 amide bonds. The van der Waals surface area contributed by atoms with E-state index in [1.165, 1.54) is 12.8 Å². The molecule has 2 aliphatic rings. The highest BCUT2D eigenvalue weighted by Crippen LogP contribution is 2.17. The second-order valence-corrected chi connectivity index (χ2v) is 5.28. The van der Waals surface area contributed by atoms with E-state index in [1.807, 2.05) is 12.2 Å². The van der Waals surface area contributed by atoms with Gasteiger partial charge in [0.2, 0.25) is 5.91 Å². The van der Waals surface area contributed by atoms with E-state index in [9.17, 15) is 9.59 Å². The van der Waals surface area contributed by atoms with Gasteiger partial charge in [-0.2, -0.15) is 0 Å². The van der Waals surface area contributed by atoms with Crippen molar-refractivity contribution in [3.63, 3.8) is 0 Å². The topological polar surface area (TPSA) is 58.2 Å². The first-order valence-electron chi connectivity index (χ1n) is 7.14. The normalized spacial score (nSPS) is 25.1. The van der Waals surface area contributed by atoms with Crippen LogP contribution in [-0.4, -0.2) is 30.8 Å². The van der Waals surface area contributed by atoms with Crippen molar-refractivity contribution >= 4 is 12.2 Å². The molecule has 1 fully saturated rings. The summed E-state index contributed by atoms with van der Waals surface area (Å²) in [7, 11) is 0. The van der Waals surface area contributed by atoms with Gasteiger partial charge in [-0.15, -0.1) is 0 Å². The summed E-state index contributed by atoms with van der Waals surface area (Å²) in [4.78, 5) is 22.5. The number of hydrogen-bond donors (Lipinski definition) is 2. The maximum absolute atomic E-state index is 11.8. The first-order chi connectivity index (χ1) is 9.28. The predicted octanol–water partition coefficient (Wildman–Crippen LogP) is 1.48. The van der Waals surface area contributed by atoms with E-state index in [1.54, 1.807) is 6.08 Å². The molecule has 4 nitrogen and oxygen atoms in total. The molecular formula is C15H22N2O2. The Hall–Kier alpha value is -1.42. The Bertz CT molecular complexity index is 382. The van der Waals surface area contributed by atoms with E-state index in [-0.39, 0.29) is 11.9 Å². The average Bonchev–Trinajstić information content (AvgIpc) is 2.80. The molecule has 2 rings (SSSR count). The van der Waals surface area contributed by atoms with Crippen LogP contribution in [0, 0.1) is 0 Å². The van der Waals surface area contributed by atoms with Gasteiger partial charge in [0.25, 0.3) is 0 Å². The fourth-order valence-electron chi connectivity index (χ4n) is 2.62. The Morgan fingerprint density at radius 3 is 2.89 bits per heavy atom. The van der Waals surface area contributed by atoms with Crippen molar-refractivity contribution < 1.29 is 9.59 Å². The number of rotatable bonds is 4. The van der Waals surface area contributed by atoms with Crippen molar-refractivity contribution in [3.05, 3.63) is 23.8 Å². The maximum atomic E-state index is 11.8. The lowest BCUT2D eigenvalue weighted by Crippen LogP contribution is -2.31. The number of carbonyl (C=O) groups excluding carboxylic acids is 2. The number of allylic oxidation sites excluding steroid dienone is 1. The first kappa shape index (κ1) is 14.0. The van der Waals surface area contributed by atoms with Crippen LogP contribution in [0.3, 0.4) is 0 Å². The Morgan fingerprint density at radius 1 is 1.37 bits per heavy atom. The molecule has 0 bridgehead atoms. The third kappa shape index (κ3) is 4.63. The van der Waals surface area contributed by atoms with Crippen LogP contribution in [0.2, 0.25) is 0 Å². The van der Waals surface area contributed by atoms with Crippen LogP contribution in [0.15, 0.2) is 23.8 Å². The monoisotopic (exact) mass is 262 g/mol. The van der Waals surface area contributed by atoms with Gasteiger partial charge >= 0.3 is 0 Å². The number of carbonyl (C=O) groups is 2. The minimum atomic E-state index is -0.0850. The third-order valence-electron chi connectivity index (χ3n) is 3.77. The Morgan fingerprint density at radius 2 is 2.16 bits per heavy atom. The van der Waals surface area contributed by atoms with Gasteiger partial charge in [-0.3, -0.25) is 4.79 Å². The van der Waals surface area contributed by atoms with Crippen molar-refractivity contribution in [2.24, 2.45) is 0 Å². The van der Waals surface area contributed by atoms with E-state index in [0.29, 0.717) is 12.5 Å². The van der Waals surface area contributed by atoms with Crippen LogP contribution >= 0.6 is 0 Å². The zero-order chi connectivity index (χ0) is 13.5. The number of amides is 1. The second kappa shape index (κ2) is 7.24. The van der Waals surface area contributed by atoms with Crippen LogP contribution in [0.1, 0.15) is 38.5 Å². The average molecular weight is 262 g/mol. The maximum Gasteiger partial charge on any atom is 0.244 e. The van der Waals surface area contributed by atoms with Crippen molar-refractivity contribution in [2.75, 3.05) is 6.54 Å². The molecule has 0 aromatic rings. The summed E-state index contributed by atoms with van der Waals surface area (Å²) in [6.07, 6.45) is 12.7. The summed E-state index contributed by atoms with van der Waals surface area (Å²) in [5.41, 5.74) is 1.12. The molecule has 0 saturated heterocycles. The highest BCUT2D eigenvalue weighted by Gasteiger charge is 2.15. The number of nitrogens with one attached hydrogen (secondary N) is 2. The molecule has 1 aliphatic heterocycles. The molecule has 0 spiro atoms. The van der Waals surface area contributed by atoms with Gasteiger partial charge in [-0.25, -0.2) is 0 Å². The molecule has 4 heteroatoms. The van der Waals surface area contributed by atoms with E-state index in [2.05, 4.69) is 10.6 Å². The zero-order valence-corrected chi connectivity index (χ0v) is 11.2. The summed E-state index contributed by atoms with van der Waals surface area (Å²) in [6.45, 7) is 0.782. The molecule has 1 saturated carbocycles. The van der Waals surface area contributed by atoms with Gasteiger partial charge in [-0.1, -0.05) is 30.6 Å². The smallest absolute Gasteiger partial charge is 0.244 e. The number of aldehydes is 1. The van der Waals surface area contributed by atoms with Crippen molar-refractivity contribution in [1.82, 2.24) is 10.6 Å². The first-order valence-corrected chi connectivity index (χ1v) is 7.14. The number of hydrogen-bond acceptors (Lipinski definition) is 3. The van der Waals surface area contributed by atoms with Crippen molar-refractivity contribution in [2.45, 2.75) is 50.6 Å². The molecule has 19 heavy (non-hydrogen) atoms. The van der Waals surface area contributed by atoms with Gasteiger partial charge < -0.3 is 15.4 Å². The van der Waals surface area contributed by atoms with Gasteiger partial charge in [0.1, 0.15) is 6.29 Å². The molecule has 2 N–H and O–H groups in total. The molecule has 1 unspecified atom stereocenters. The molecule has 1 heterocycles. The van der Waals surface area contributed by atoms with Crippen molar-refractivity contribution in [3.8, 4) is 0 Å². The van der Waals surface area contributed by atoms with Crippen LogP contribution in [-0.2, 0) is 9.59 Å². The molecule has 1 aliphatic carbocycles. The highest BCUT2D eigenvalue weighted by molar-refractivity contribution is 5.88. The molecule has 0 radical (unpaired) electrons. The van der Waals surface area contributed by atoms with Gasteiger partial charge in [-0.05, 0) is 32.2 Å². The molecule has 104 valence electrons. The SMILES string of the molecule is O=CC1CC=C(/C=C/C(=O)NC2CCCC2)CCN1. The minimum Gasteiger partial charge on any atom is -0.350 e. The highest BCUT2D eigenvalue weighted by atomic mass is 16.1. The van der Waals surface area contributed by atoms with Crippen molar-refractivity contribution in [1.29, 1.82) is 0 Å². The Labute approximate surface area is 114 Å². The summed E-state index contributed by atoms with van der Waals surface area (Å²) < 4.78 is 0. The van der Waals surface area contributed by atoms with Crippen LogP contribution in [0.25, 0.3) is 0 Å². The van der Waals surface area contributed by atoms with E-state index < -0.39 is 0 Å². The van der Waals surface area contributed by atoms with E-state index >= 15 is 0 Å². The lowest BCUT2D eigenvalue weighted by Gasteiger charge is -2.09. The molecule has 1 atom stereocenters.